The molecule has 74 valence electrons. The maximum atomic E-state index is 11.4. The van der Waals surface area contributed by atoms with Gasteiger partial charge in [0.2, 0.25) is 0 Å². The first-order chi connectivity index (χ1) is 6.56. The molecule has 0 bridgehead atoms. The summed E-state index contributed by atoms with van der Waals surface area (Å²) < 4.78 is 24.7. The van der Waals surface area contributed by atoms with Gasteiger partial charge in [0.05, 0.1) is 5.56 Å². The van der Waals surface area contributed by atoms with E-state index in [9.17, 15) is 13.2 Å². The molecule has 0 aromatic heterocycles. The van der Waals surface area contributed by atoms with Crippen LogP contribution in [0.1, 0.15) is 10.4 Å². The molecule has 0 saturated carbocycles. The van der Waals surface area contributed by atoms with Crippen LogP contribution in [0, 0.1) is 0 Å². The first kappa shape index (κ1) is 9.01. The molecule has 1 aromatic carbocycles. The molecule has 0 saturated heterocycles. The molecular formula is C8H8N2O3S. The van der Waals surface area contributed by atoms with Crippen LogP contribution < -0.4 is 10.0 Å². The van der Waals surface area contributed by atoms with Gasteiger partial charge in [0.25, 0.3) is 15.9 Å². The van der Waals surface area contributed by atoms with Crippen molar-refractivity contribution in [2.45, 2.75) is 4.90 Å². The number of nitrogens with one attached hydrogen (secondary N) is 2. The summed E-state index contributed by atoms with van der Waals surface area (Å²) in [7, 11) is -1.99. The van der Waals surface area contributed by atoms with E-state index in [1.54, 1.807) is 19.2 Å². The van der Waals surface area contributed by atoms with Crippen molar-refractivity contribution in [1.29, 1.82) is 0 Å². The van der Waals surface area contributed by atoms with Crippen LogP contribution in [-0.2, 0) is 10.0 Å². The van der Waals surface area contributed by atoms with Gasteiger partial charge < -0.3 is 5.32 Å². The highest BCUT2D eigenvalue weighted by Crippen LogP contribution is 2.28. The van der Waals surface area contributed by atoms with E-state index in [1.807, 2.05) is 4.72 Å². The van der Waals surface area contributed by atoms with Crippen molar-refractivity contribution in [3.8, 4) is 0 Å². The predicted octanol–water partition coefficient (Wildman–Crippen LogP) is 0.160. The Bertz CT molecular complexity index is 507. The van der Waals surface area contributed by atoms with Crippen molar-refractivity contribution in [3.63, 3.8) is 0 Å². The predicted molar refractivity (Wildman–Crippen MR) is 50.6 cm³/mol. The molecule has 2 rings (SSSR count). The number of rotatable bonds is 1. The highest BCUT2D eigenvalue weighted by atomic mass is 32.2. The molecule has 1 aliphatic rings. The van der Waals surface area contributed by atoms with Crippen molar-refractivity contribution in [2.24, 2.45) is 0 Å². The summed E-state index contributed by atoms with van der Waals surface area (Å²) >= 11 is 0. The third-order valence-electron chi connectivity index (χ3n) is 2.04. The highest BCUT2D eigenvalue weighted by Gasteiger charge is 2.34. The molecule has 0 radical (unpaired) electrons. The minimum absolute atomic E-state index is 0.0364. The Morgan fingerprint density at radius 3 is 2.71 bits per heavy atom. The summed E-state index contributed by atoms with van der Waals surface area (Å²) in [5.41, 5.74) is 0.705. The number of carbonyl (C=O) groups excluding carboxylic acids is 1. The number of benzene rings is 1. The molecule has 1 aliphatic heterocycles. The van der Waals surface area contributed by atoms with Gasteiger partial charge in [0.1, 0.15) is 4.90 Å². The fourth-order valence-electron chi connectivity index (χ4n) is 1.43. The van der Waals surface area contributed by atoms with E-state index < -0.39 is 15.9 Å². The molecule has 14 heavy (non-hydrogen) atoms. The molecule has 1 aromatic rings. The van der Waals surface area contributed by atoms with Crippen LogP contribution in [0.3, 0.4) is 0 Å². The summed E-state index contributed by atoms with van der Waals surface area (Å²) in [5, 5.41) is 2.77. The van der Waals surface area contributed by atoms with Gasteiger partial charge in [-0.2, -0.15) is 0 Å². The SMILES string of the molecule is CNc1cccc2c1C(=O)NS2(=O)=O. The van der Waals surface area contributed by atoms with Gasteiger partial charge in [-0.05, 0) is 12.1 Å². The second-order valence-corrected chi connectivity index (χ2v) is 4.51. The number of carbonyl (C=O) groups is 1. The summed E-state index contributed by atoms with van der Waals surface area (Å²) in [4.78, 5) is 11.4. The van der Waals surface area contributed by atoms with Crippen LogP contribution in [0.5, 0.6) is 0 Å². The van der Waals surface area contributed by atoms with Crippen molar-refractivity contribution in [3.05, 3.63) is 23.8 Å². The molecule has 0 atom stereocenters. The third-order valence-corrected chi connectivity index (χ3v) is 3.41. The fourth-order valence-corrected chi connectivity index (χ4v) is 2.61. The first-order valence-electron chi connectivity index (χ1n) is 3.94. The highest BCUT2D eigenvalue weighted by molar-refractivity contribution is 7.90. The van der Waals surface area contributed by atoms with Crippen molar-refractivity contribution < 1.29 is 13.2 Å². The second kappa shape index (κ2) is 2.71. The van der Waals surface area contributed by atoms with Crippen LogP contribution in [0.15, 0.2) is 23.1 Å². The molecule has 0 spiro atoms. The van der Waals surface area contributed by atoms with Crippen LogP contribution >= 0.6 is 0 Å². The van der Waals surface area contributed by atoms with Crippen LogP contribution in [-0.4, -0.2) is 21.4 Å². The summed E-state index contributed by atoms with van der Waals surface area (Å²) in [6.07, 6.45) is 0. The van der Waals surface area contributed by atoms with Crippen molar-refractivity contribution >= 4 is 21.6 Å². The summed E-state index contributed by atoms with van der Waals surface area (Å²) in [6, 6.07) is 4.64. The van der Waals surface area contributed by atoms with Crippen LogP contribution in [0.2, 0.25) is 0 Å². The molecule has 0 unspecified atom stereocenters. The Hall–Kier alpha value is -1.56. The molecule has 0 fully saturated rings. The lowest BCUT2D eigenvalue weighted by Crippen LogP contribution is -2.21. The molecular weight excluding hydrogens is 204 g/mol. The van der Waals surface area contributed by atoms with E-state index in [0.717, 1.165) is 0 Å². The average Bonchev–Trinajstić information content (AvgIpc) is 2.38. The lowest BCUT2D eigenvalue weighted by molar-refractivity contribution is 0.0986. The number of anilines is 1. The van der Waals surface area contributed by atoms with E-state index >= 15 is 0 Å². The van der Waals surface area contributed by atoms with E-state index in [4.69, 9.17) is 0 Å². The zero-order chi connectivity index (χ0) is 10.3. The topological polar surface area (TPSA) is 75.3 Å². The van der Waals surface area contributed by atoms with Gasteiger partial charge in [-0.1, -0.05) is 6.07 Å². The maximum Gasteiger partial charge on any atom is 0.268 e. The van der Waals surface area contributed by atoms with Gasteiger partial charge in [-0.3, -0.25) is 4.79 Å². The van der Waals surface area contributed by atoms with Gasteiger partial charge in [-0.25, -0.2) is 13.1 Å². The molecule has 6 heteroatoms. The quantitative estimate of drug-likeness (QED) is 0.695. The lowest BCUT2D eigenvalue weighted by Gasteiger charge is -2.02. The monoisotopic (exact) mass is 212 g/mol. The van der Waals surface area contributed by atoms with Gasteiger partial charge in [0.15, 0.2) is 0 Å². The lowest BCUT2D eigenvalue weighted by atomic mass is 10.1. The first-order valence-corrected chi connectivity index (χ1v) is 5.42. The zero-order valence-electron chi connectivity index (χ0n) is 7.37. The van der Waals surface area contributed by atoms with Crippen LogP contribution in [0.25, 0.3) is 0 Å². The number of hydrogen-bond donors (Lipinski definition) is 2. The minimum atomic E-state index is -3.63. The molecule has 1 amide bonds. The van der Waals surface area contributed by atoms with Gasteiger partial charge in [0, 0.05) is 12.7 Å². The molecule has 0 aliphatic carbocycles. The second-order valence-electron chi connectivity index (χ2n) is 2.86. The fraction of sp³-hybridized carbons (Fsp3) is 0.125. The molecule has 5 nitrogen and oxygen atoms in total. The van der Waals surface area contributed by atoms with Crippen molar-refractivity contribution in [1.82, 2.24) is 4.72 Å². The van der Waals surface area contributed by atoms with E-state index in [-0.39, 0.29) is 10.5 Å². The van der Waals surface area contributed by atoms with Crippen LogP contribution in [0.4, 0.5) is 5.69 Å². The standard InChI is InChI=1S/C8H8N2O3S/c1-9-5-3-2-4-6-7(5)8(11)10-14(6,12)13/h2-4,9H,1H3,(H,10,11). The summed E-state index contributed by atoms with van der Waals surface area (Å²) in [6.45, 7) is 0. The Balaban J connectivity index is 2.80. The van der Waals surface area contributed by atoms with E-state index in [2.05, 4.69) is 5.32 Å². The Labute approximate surface area is 81.2 Å². The largest absolute Gasteiger partial charge is 0.387 e. The number of hydrogen-bond acceptors (Lipinski definition) is 4. The normalized spacial score (nSPS) is 17.4. The van der Waals surface area contributed by atoms with Gasteiger partial charge in [-0.15, -0.1) is 0 Å². The average molecular weight is 212 g/mol. The number of sulfonamides is 1. The Morgan fingerprint density at radius 1 is 1.36 bits per heavy atom. The Morgan fingerprint density at radius 2 is 2.07 bits per heavy atom. The zero-order valence-corrected chi connectivity index (χ0v) is 8.18. The minimum Gasteiger partial charge on any atom is -0.387 e. The van der Waals surface area contributed by atoms with E-state index in [1.165, 1.54) is 6.07 Å². The van der Waals surface area contributed by atoms with Crippen molar-refractivity contribution in [2.75, 3.05) is 12.4 Å². The number of amides is 1. The van der Waals surface area contributed by atoms with Gasteiger partial charge >= 0.3 is 0 Å². The smallest absolute Gasteiger partial charge is 0.268 e. The summed E-state index contributed by atoms with van der Waals surface area (Å²) in [5.74, 6) is -0.579. The number of fused-ring (bicyclic) bond motifs is 1. The Kier molecular flexibility index (Phi) is 1.75. The third kappa shape index (κ3) is 1.07. The molecule has 2 N–H and O–H groups in total. The molecule has 1 heterocycles. The maximum absolute atomic E-state index is 11.4. The van der Waals surface area contributed by atoms with E-state index in [0.29, 0.717) is 5.69 Å².